The van der Waals surface area contributed by atoms with Crippen LogP contribution in [0.1, 0.15) is 30.8 Å². The van der Waals surface area contributed by atoms with Crippen molar-refractivity contribution in [3.63, 3.8) is 0 Å². The van der Waals surface area contributed by atoms with Crippen molar-refractivity contribution in [2.45, 2.75) is 26.3 Å². The number of hydrogen-bond acceptors (Lipinski definition) is 7. The van der Waals surface area contributed by atoms with Gasteiger partial charge in [-0.1, -0.05) is 25.4 Å². The van der Waals surface area contributed by atoms with E-state index in [2.05, 4.69) is 20.3 Å². The molecule has 8 N–H and O–H groups in total. The number of carbonyl (C=O) groups excluding carboxylic acids is 1. The van der Waals surface area contributed by atoms with Gasteiger partial charge in [0.2, 0.25) is 0 Å². The van der Waals surface area contributed by atoms with Crippen molar-refractivity contribution in [3.05, 3.63) is 10.8 Å². The van der Waals surface area contributed by atoms with E-state index in [0.29, 0.717) is 0 Å². The number of guanidine groups is 1. The number of hydrogen-bond donors (Lipinski definition) is 5. The van der Waals surface area contributed by atoms with E-state index in [1.54, 1.807) is 0 Å². The maximum absolute atomic E-state index is 12.0. The quantitative estimate of drug-likeness (QED) is 0.360. The highest BCUT2D eigenvalue weighted by molar-refractivity contribution is 6.31. The molecule has 1 rings (SSSR count). The summed E-state index contributed by atoms with van der Waals surface area (Å²) in [5.74, 6) is -2.63. The number of carbonyl (C=O) groups is 2. The van der Waals surface area contributed by atoms with Crippen molar-refractivity contribution in [2.24, 2.45) is 16.6 Å². The molecule has 0 aliphatic heterocycles. The van der Waals surface area contributed by atoms with Gasteiger partial charge in [0.05, 0.1) is 0 Å². The van der Waals surface area contributed by atoms with E-state index >= 15 is 0 Å². The van der Waals surface area contributed by atoms with Crippen molar-refractivity contribution in [2.75, 3.05) is 11.5 Å². The smallest absolute Gasteiger partial charge is 0.328 e. The van der Waals surface area contributed by atoms with Crippen molar-refractivity contribution < 1.29 is 14.7 Å². The molecule has 0 aromatic carbocycles. The van der Waals surface area contributed by atoms with Gasteiger partial charge in [-0.25, -0.2) is 19.8 Å². The van der Waals surface area contributed by atoms with Gasteiger partial charge in [-0.05, 0) is 12.3 Å². The van der Waals surface area contributed by atoms with Crippen molar-refractivity contribution in [1.82, 2.24) is 15.3 Å². The van der Waals surface area contributed by atoms with Crippen molar-refractivity contribution in [3.8, 4) is 0 Å². The molecule has 0 unspecified atom stereocenters. The van der Waals surface area contributed by atoms with Crippen LogP contribution in [0.15, 0.2) is 4.99 Å². The van der Waals surface area contributed by atoms with Crippen molar-refractivity contribution >= 4 is 41.1 Å². The van der Waals surface area contributed by atoms with Crippen LogP contribution < -0.4 is 22.5 Å². The maximum Gasteiger partial charge on any atom is 0.328 e. The van der Waals surface area contributed by atoms with Crippen LogP contribution in [-0.4, -0.2) is 39.0 Å². The maximum atomic E-state index is 12.0. The second kappa shape index (κ2) is 7.58. The molecule has 1 aromatic rings. The fraction of sp³-hybridized carbons (Fsp3) is 0.417. The van der Waals surface area contributed by atoms with E-state index < -0.39 is 17.9 Å². The first-order valence-electron chi connectivity index (χ1n) is 6.57. The third kappa shape index (κ3) is 5.25. The van der Waals surface area contributed by atoms with Gasteiger partial charge in [0, 0.05) is 0 Å². The minimum atomic E-state index is -1.15. The zero-order valence-electron chi connectivity index (χ0n) is 12.6. The van der Waals surface area contributed by atoms with E-state index in [-0.39, 0.29) is 40.8 Å². The molecule has 0 saturated heterocycles. The standard InChI is InChI=1S/C12H18ClN7O3/c1-4(2)3-5(11(22)23)17-12(16)20-10(21)6-8(14)19-9(15)7(13)18-6/h4-5H,3H2,1-2H3,(H,22,23)(H4,14,15,19)(H3,16,17,20,21)/t5-/m0/s1. The number of rotatable bonds is 5. The van der Waals surface area contributed by atoms with Gasteiger partial charge in [0.1, 0.15) is 0 Å². The summed E-state index contributed by atoms with van der Waals surface area (Å²) < 4.78 is 0. The molecule has 1 amide bonds. The molecule has 11 heteroatoms. The minimum Gasteiger partial charge on any atom is -0.480 e. The number of carboxylic acids is 1. The molecule has 0 bridgehead atoms. The van der Waals surface area contributed by atoms with Crippen LogP contribution in [0.2, 0.25) is 5.15 Å². The fourth-order valence-electron chi connectivity index (χ4n) is 1.64. The molecule has 0 aliphatic carbocycles. The molecule has 1 aromatic heterocycles. The van der Waals surface area contributed by atoms with Gasteiger partial charge in [0.25, 0.3) is 5.91 Å². The largest absolute Gasteiger partial charge is 0.480 e. The highest BCUT2D eigenvalue weighted by Gasteiger charge is 2.20. The zero-order chi connectivity index (χ0) is 17.7. The Morgan fingerprint density at radius 2 is 1.91 bits per heavy atom. The molecule has 0 aliphatic rings. The summed E-state index contributed by atoms with van der Waals surface area (Å²) in [5.41, 5.74) is 16.2. The van der Waals surface area contributed by atoms with Gasteiger partial charge in [-0.3, -0.25) is 10.1 Å². The Balaban J connectivity index is 2.93. The number of amides is 1. The summed E-state index contributed by atoms with van der Waals surface area (Å²) in [6.45, 7) is 3.68. The summed E-state index contributed by atoms with van der Waals surface area (Å²) in [5, 5.41) is 11.1. The third-order valence-corrected chi connectivity index (χ3v) is 2.91. The molecule has 0 radical (unpaired) electrons. The number of carboxylic acid groups (broad SMARTS) is 1. The Morgan fingerprint density at radius 3 is 2.43 bits per heavy atom. The van der Waals surface area contributed by atoms with E-state index in [0.717, 1.165) is 0 Å². The lowest BCUT2D eigenvalue weighted by Gasteiger charge is -2.12. The molecular weight excluding hydrogens is 326 g/mol. The second-order valence-electron chi connectivity index (χ2n) is 5.09. The van der Waals surface area contributed by atoms with E-state index in [9.17, 15) is 9.59 Å². The van der Waals surface area contributed by atoms with Gasteiger partial charge in [-0.15, -0.1) is 0 Å². The normalized spacial score (nSPS) is 13.0. The van der Waals surface area contributed by atoms with Gasteiger partial charge in [0.15, 0.2) is 34.5 Å². The SMILES string of the molecule is CC(C)C[C@H](N=C(N)NC(=O)c1nc(Cl)c(N)nc1N)C(=O)O. The number of nitrogen functional groups attached to an aromatic ring is 2. The molecule has 0 spiro atoms. The number of halogens is 1. The molecule has 23 heavy (non-hydrogen) atoms. The van der Waals surface area contributed by atoms with Crippen molar-refractivity contribution in [1.29, 1.82) is 0 Å². The topological polar surface area (TPSA) is 183 Å². The lowest BCUT2D eigenvalue weighted by Crippen LogP contribution is -2.39. The van der Waals surface area contributed by atoms with Gasteiger partial charge in [-0.2, -0.15) is 0 Å². The summed E-state index contributed by atoms with van der Waals surface area (Å²) in [4.78, 5) is 34.3. The highest BCUT2D eigenvalue weighted by atomic mass is 35.5. The molecule has 0 fully saturated rings. The van der Waals surface area contributed by atoms with E-state index in [4.69, 9.17) is 33.9 Å². The average Bonchev–Trinajstić information content (AvgIpc) is 2.41. The lowest BCUT2D eigenvalue weighted by atomic mass is 10.0. The predicted molar refractivity (Wildman–Crippen MR) is 85.8 cm³/mol. The number of nitrogens with one attached hydrogen (secondary N) is 1. The Labute approximate surface area is 137 Å². The Hall–Kier alpha value is -2.62. The lowest BCUT2D eigenvalue weighted by molar-refractivity contribution is -0.138. The number of nitrogens with two attached hydrogens (primary N) is 3. The molecule has 1 atom stereocenters. The second-order valence-corrected chi connectivity index (χ2v) is 5.44. The number of aliphatic imine (C=N–C) groups is 1. The molecule has 1 heterocycles. The van der Waals surface area contributed by atoms with Crippen LogP contribution in [0.4, 0.5) is 11.6 Å². The first kappa shape index (κ1) is 18.4. The molecule has 126 valence electrons. The van der Waals surface area contributed by atoms with E-state index in [1.807, 2.05) is 13.8 Å². The monoisotopic (exact) mass is 343 g/mol. The first-order valence-corrected chi connectivity index (χ1v) is 6.95. The summed E-state index contributed by atoms with van der Waals surface area (Å²) in [6, 6.07) is -1.08. The molecule has 10 nitrogen and oxygen atoms in total. The average molecular weight is 344 g/mol. The predicted octanol–water partition coefficient (Wildman–Crippen LogP) is -0.162. The van der Waals surface area contributed by atoms with Crippen LogP contribution in [0.25, 0.3) is 0 Å². The summed E-state index contributed by atoms with van der Waals surface area (Å²) >= 11 is 5.68. The molecular formula is C12H18ClN7O3. The number of nitrogens with zero attached hydrogens (tertiary/aromatic N) is 3. The highest BCUT2D eigenvalue weighted by Crippen LogP contribution is 2.17. The number of anilines is 2. The number of aliphatic carboxylic acids is 1. The van der Waals surface area contributed by atoms with E-state index in [1.165, 1.54) is 0 Å². The summed E-state index contributed by atoms with van der Waals surface area (Å²) in [6.07, 6.45) is 0.265. The Morgan fingerprint density at radius 1 is 1.30 bits per heavy atom. The first-order chi connectivity index (χ1) is 10.6. The van der Waals surface area contributed by atoms with Gasteiger partial charge < -0.3 is 22.3 Å². The molecule has 0 saturated carbocycles. The van der Waals surface area contributed by atoms with Crippen LogP contribution in [0, 0.1) is 5.92 Å². The Kier molecular flexibility index (Phi) is 6.08. The number of aromatic nitrogens is 2. The zero-order valence-corrected chi connectivity index (χ0v) is 13.3. The summed E-state index contributed by atoms with van der Waals surface area (Å²) in [7, 11) is 0. The van der Waals surface area contributed by atoms with Crippen LogP contribution >= 0.6 is 11.6 Å². The van der Waals surface area contributed by atoms with Gasteiger partial charge >= 0.3 is 5.97 Å². The Bertz CT molecular complexity index is 648. The third-order valence-electron chi connectivity index (χ3n) is 2.64. The van der Waals surface area contributed by atoms with Crippen LogP contribution in [-0.2, 0) is 4.79 Å². The fourth-order valence-corrected chi connectivity index (χ4v) is 1.77. The van der Waals surface area contributed by atoms with Crippen LogP contribution in [0.3, 0.4) is 0 Å². The van der Waals surface area contributed by atoms with Crippen LogP contribution in [0.5, 0.6) is 0 Å². The minimum absolute atomic E-state index is 0.0840.